The summed E-state index contributed by atoms with van der Waals surface area (Å²) in [6, 6.07) is 3.94. The lowest BCUT2D eigenvalue weighted by Crippen LogP contribution is -2.03. The van der Waals surface area contributed by atoms with E-state index in [1.165, 1.54) is 0 Å². The number of halogens is 3. The molecule has 1 rings (SSSR count). The standard InChI is InChI=1S/C7H9BrN2.2ClH/c8-6-1-2-7(3-4-9)10-5-6;;/h1-2,5H,3-4,9H2;2*1H. The Balaban J connectivity index is 0. The third-order valence-electron chi connectivity index (χ3n) is 1.19. The van der Waals surface area contributed by atoms with Crippen molar-refractivity contribution in [1.82, 2.24) is 4.98 Å². The van der Waals surface area contributed by atoms with E-state index < -0.39 is 0 Å². The first-order valence-electron chi connectivity index (χ1n) is 3.13. The second-order valence-corrected chi connectivity index (χ2v) is 2.92. The summed E-state index contributed by atoms with van der Waals surface area (Å²) in [5.74, 6) is 0. The molecule has 0 aliphatic rings. The fourth-order valence-electron chi connectivity index (χ4n) is 0.702. The van der Waals surface area contributed by atoms with E-state index in [1.807, 2.05) is 12.1 Å². The summed E-state index contributed by atoms with van der Waals surface area (Å²) in [6.07, 6.45) is 2.64. The van der Waals surface area contributed by atoms with Crippen LogP contribution < -0.4 is 5.73 Å². The Labute approximate surface area is 92.9 Å². The molecule has 1 aromatic rings. The van der Waals surface area contributed by atoms with E-state index in [1.54, 1.807) is 6.20 Å². The van der Waals surface area contributed by atoms with Gasteiger partial charge in [0.05, 0.1) is 0 Å². The van der Waals surface area contributed by atoms with Gasteiger partial charge in [-0.05, 0) is 34.6 Å². The van der Waals surface area contributed by atoms with Gasteiger partial charge in [0.25, 0.3) is 0 Å². The van der Waals surface area contributed by atoms with Crippen molar-refractivity contribution in [2.24, 2.45) is 5.73 Å². The second-order valence-electron chi connectivity index (χ2n) is 2.01. The van der Waals surface area contributed by atoms with Gasteiger partial charge in [-0.25, -0.2) is 0 Å². The Bertz CT molecular complexity index is 203. The van der Waals surface area contributed by atoms with Crippen LogP contribution in [0.2, 0.25) is 0 Å². The van der Waals surface area contributed by atoms with Crippen LogP contribution in [0.25, 0.3) is 0 Å². The Hall–Kier alpha value is 0.170. The highest BCUT2D eigenvalue weighted by molar-refractivity contribution is 9.10. The van der Waals surface area contributed by atoms with Crippen molar-refractivity contribution in [2.75, 3.05) is 6.54 Å². The van der Waals surface area contributed by atoms with Crippen LogP contribution in [0.3, 0.4) is 0 Å². The molecule has 0 aliphatic carbocycles. The fraction of sp³-hybridized carbons (Fsp3) is 0.286. The predicted molar refractivity (Wildman–Crippen MR) is 59.2 cm³/mol. The van der Waals surface area contributed by atoms with E-state index in [0.717, 1.165) is 16.6 Å². The first-order chi connectivity index (χ1) is 4.83. The monoisotopic (exact) mass is 272 g/mol. The first-order valence-corrected chi connectivity index (χ1v) is 3.92. The topological polar surface area (TPSA) is 38.9 Å². The lowest BCUT2D eigenvalue weighted by Gasteiger charge is -1.95. The third-order valence-corrected chi connectivity index (χ3v) is 1.66. The lowest BCUT2D eigenvalue weighted by atomic mass is 10.3. The molecule has 0 spiro atoms. The number of nitrogens with zero attached hydrogens (tertiary/aromatic N) is 1. The van der Waals surface area contributed by atoms with Gasteiger partial charge in [-0.15, -0.1) is 24.8 Å². The Morgan fingerprint density at radius 1 is 1.33 bits per heavy atom. The maximum absolute atomic E-state index is 5.35. The fourth-order valence-corrected chi connectivity index (χ4v) is 0.937. The summed E-state index contributed by atoms with van der Waals surface area (Å²) in [7, 11) is 0. The molecule has 0 aromatic carbocycles. The van der Waals surface area contributed by atoms with Gasteiger partial charge in [-0.3, -0.25) is 4.98 Å². The van der Waals surface area contributed by atoms with Gasteiger partial charge >= 0.3 is 0 Å². The van der Waals surface area contributed by atoms with Crippen molar-refractivity contribution >= 4 is 40.7 Å². The minimum Gasteiger partial charge on any atom is -0.330 e. The SMILES string of the molecule is Cl.Cl.NCCc1ccc(Br)cn1. The second kappa shape index (κ2) is 7.80. The smallest absolute Gasteiger partial charge is 0.0417 e. The highest BCUT2D eigenvalue weighted by Crippen LogP contribution is 2.06. The average Bonchev–Trinajstić information content (AvgIpc) is 1.95. The molecule has 0 bridgehead atoms. The number of hydrogen-bond donors (Lipinski definition) is 1. The van der Waals surface area contributed by atoms with Gasteiger partial charge in [0, 0.05) is 22.8 Å². The van der Waals surface area contributed by atoms with Crippen molar-refractivity contribution in [3.63, 3.8) is 0 Å². The van der Waals surface area contributed by atoms with Gasteiger partial charge in [-0.1, -0.05) is 0 Å². The summed E-state index contributed by atoms with van der Waals surface area (Å²) >= 11 is 3.30. The molecule has 70 valence electrons. The molecule has 0 unspecified atom stereocenters. The van der Waals surface area contributed by atoms with Crippen LogP contribution in [0.5, 0.6) is 0 Å². The van der Waals surface area contributed by atoms with Crippen LogP contribution >= 0.6 is 40.7 Å². The van der Waals surface area contributed by atoms with Crippen LogP contribution in [0, 0.1) is 0 Å². The van der Waals surface area contributed by atoms with Crippen LogP contribution in [-0.4, -0.2) is 11.5 Å². The van der Waals surface area contributed by atoms with Gasteiger partial charge in [0.1, 0.15) is 0 Å². The average molecular weight is 274 g/mol. The highest BCUT2D eigenvalue weighted by Gasteiger charge is 1.90. The Kier molecular flexibility index (Phi) is 9.54. The molecule has 0 saturated heterocycles. The quantitative estimate of drug-likeness (QED) is 0.897. The zero-order chi connectivity index (χ0) is 7.40. The summed E-state index contributed by atoms with van der Waals surface area (Å²) in [6.45, 7) is 0.661. The van der Waals surface area contributed by atoms with Crippen LogP contribution in [0.15, 0.2) is 22.8 Å². The summed E-state index contributed by atoms with van der Waals surface area (Å²) in [4.78, 5) is 4.14. The van der Waals surface area contributed by atoms with Crippen LogP contribution in [-0.2, 0) is 6.42 Å². The number of rotatable bonds is 2. The number of pyridine rings is 1. The van der Waals surface area contributed by atoms with Crippen molar-refractivity contribution < 1.29 is 0 Å². The molecule has 5 heteroatoms. The summed E-state index contributed by atoms with van der Waals surface area (Å²) in [5, 5.41) is 0. The first kappa shape index (κ1) is 14.7. The van der Waals surface area contributed by atoms with E-state index in [9.17, 15) is 0 Å². The van der Waals surface area contributed by atoms with E-state index in [2.05, 4.69) is 20.9 Å². The zero-order valence-electron chi connectivity index (χ0n) is 6.37. The number of hydrogen-bond acceptors (Lipinski definition) is 2. The summed E-state index contributed by atoms with van der Waals surface area (Å²) in [5.41, 5.74) is 6.39. The Morgan fingerprint density at radius 3 is 2.42 bits per heavy atom. The maximum Gasteiger partial charge on any atom is 0.0417 e. The molecule has 12 heavy (non-hydrogen) atoms. The molecule has 0 saturated carbocycles. The van der Waals surface area contributed by atoms with Gasteiger partial charge < -0.3 is 5.73 Å². The van der Waals surface area contributed by atoms with Crippen molar-refractivity contribution in [1.29, 1.82) is 0 Å². The van der Waals surface area contributed by atoms with Gasteiger partial charge in [0.15, 0.2) is 0 Å². The molecule has 0 radical (unpaired) electrons. The van der Waals surface area contributed by atoms with Crippen LogP contribution in [0.4, 0.5) is 0 Å². The number of aromatic nitrogens is 1. The molecule has 1 aromatic heterocycles. The molecule has 0 aliphatic heterocycles. The Morgan fingerprint density at radius 2 is 2.00 bits per heavy atom. The zero-order valence-corrected chi connectivity index (χ0v) is 9.58. The van der Waals surface area contributed by atoms with Gasteiger partial charge in [0.2, 0.25) is 0 Å². The molecule has 2 N–H and O–H groups in total. The molecule has 1 heterocycles. The van der Waals surface area contributed by atoms with Crippen molar-refractivity contribution in [3.05, 3.63) is 28.5 Å². The maximum atomic E-state index is 5.35. The minimum atomic E-state index is 0. The highest BCUT2D eigenvalue weighted by atomic mass is 79.9. The normalized spacial score (nSPS) is 8.17. The molecular weight excluding hydrogens is 263 g/mol. The van der Waals surface area contributed by atoms with E-state index in [4.69, 9.17) is 5.73 Å². The molecule has 0 fully saturated rings. The molecule has 0 amide bonds. The lowest BCUT2D eigenvalue weighted by molar-refractivity contribution is 0.922. The van der Waals surface area contributed by atoms with E-state index in [-0.39, 0.29) is 24.8 Å². The van der Waals surface area contributed by atoms with Crippen molar-refractivity contribution in [2.45, 2.75) is 6.42 Å². The largest absolute Gasteiger partial charge is 0.330 e. The third kappa shape index (κ3) is 4.93. The predicted octanol–water partition coefficient (Wildman–Crippen LogP) is 2.19. The number of nitrogens with two attached hydrogens (primary N) is 1. The van der Waals surface area contributed by atoms with Crippen molar-refractivity contribution in [3.8, 4) is 0 Å². The van der Waals surface area contributed by atoms with E-state index >= 15 is 0 Å². The summed E-state index contributed by atoms with van der Waals surface area (Å²) < 4.78 is 1.01. The minimum absolute atomic E-state index is 0. The molecule has 2 nitrogen and oxygen atoms in total. The van der Waals surface area contributed by atoms with Crippen LogP contribution in [0.1, 0.15) is 5.69 Å². The molecular formula is C7H11BrCl2N2. The van der Waals surface area contributed by atoms with E-state index in [0.29, 0.717) is 6.54 Å². The molecule has 0 atom stereocenters. The van der Waals surface area contributed by atoms with Gasteiger partial charge in [-0.2, -0.15) is 0 Å².